The zero-order valence-corrected chi connectivity index (χ0v) is 9.64. The Balaban J connectivity index is 3.25. The van der Waals surface area contributed by atoms with Crippen LogP contribution >= 0.6 is 15.9 Å². The highest BCUT2D eigenvalue weighted by Crippen LogP contribution is 2.29. The first-order chi connectivity index (χ1) is 5.88. The number of halogens is 2. The van der Waals surface area contributed by atoms with Crippen molar-refractivity contribution in [1.82, 2.24) is 9.78 Å². The van der Waals surface area contributed by atoms with E-state index in [1.807, 2.05) is 20.8 Å². The Hall–Kier alpha value is -0.580. The summed E-state index contributed by atoms with van der Waals surface area (Å²) in [6, 6.07) is 0. The van der Waals surface area contributed by atoms with Gasteiger partial charge in [0.1, 0.15) is 4.47 Å². The highest BCUT2D eigenvalue weighted by molar-refractivity contribution is 9.10. The fourth-order valence-electron chi connectivity index (χ4n) is 0.935. The van der Waals surface area contributed by atoms with Gasteiger partial charge < -0.3 is 4.74 Å². The fourth-order valence-corrected chi connectivity index (χ4v) is 1.34. The molecule has 0 aliphatic carbocycles. The number of rotatable bonds is 1. The lowest BCUT2D eigenvalue weighted by molar-refractivity contribution is 0.289. The van der Waals surface area contributed by atoms with Crippen molar-refractivity contribution in [3.8, 4) is 5.88 Å². The van der Waals surface area contributed by atoms with Gasteiger partial charge in [-0.25, -0.2) is 4.68 Å². The van der Waals surface area contributed by atoms with Gasteiger partial charge in [-0.15, -0.1) is 5.10 Å². The maximum Gasteiger partial charge on any atom is 0.250 e. The third-order valence-electron chi connectivity index (χ3n) is 1.57. The van der Waals surface area contributed by atoms with Crippen LogP contribution in [0.25, 0.3) is 0 Å². The van der Waals surface area contributed by atoms with Crippen LogP contribution in [-0.2, 0) is 5.54 Å². The number of aromatic nitrogens is 2. The van der Waals surface area contributed by atoms with E-state index in [0.717, 1.165) is 0 Å². The van der Waals surface area contributed by atoms with Crippen LogP contribution in [-0.4, -0.2) is 16.9 Å². The minimum atomic E-state index is -0.413. The Kier molecular flexibility index (Phi) is 2.66. The summed E-state index contributed by atoms with van der Waals surface area (Å²) in [6.07, 6.45) is 0. The van der Waals surface area contributed by atoms with Crippen molar-refractivity contribution in [2.24, 2.45) is 0 Å². The molecule has 0 saturated carbocycles. The van der Waals surface area contributed by atoms with Gasteiger partial charge in [0.2, 0.25) is 11.8 Å². The van der Waals surface area contributed by atoms with Crippen LogP contribution in [0.5, 0.6) is 5.88 Å². The number of ether oxygens (including phenoxy) is 1. The molecule has 74 valence electrons. The summed E-state index contributed by atoms with van der Waals surface area (Å²) in [5.74, 6) is -0.142. The zero-order valence-electron chi connectivity index (χ0n) is 8.06. The summed E-state index contributed by atoms with van der Waals surface area (Å²) < 4.78 is 19.9. The molecule has 1 aromatic rings. The average Bonchev–Trinajstić information content (AvgIpc) is 2.28. The highest BCUT2D eigenvalue weighted by atomic mass is 79.9. The number of methoxy groups -OCH3 is 1. The molecule has 0 bridgehead atoms. The lowest BCUT2D eigenvalue weighted by Crippen LogP contribution is -2.24. The molecule has 0 aromatic carbocycles. The Morgan fingerprint density at radius 3 is 2.23 bits per heavy atom. The van der Waals surface area contributed by atoms with E-state index >= 15 is 0 Å². The van der Waals surface area contributed by atoms with E-state index in [1.165, 1.54) is 11.8 Å². The van der Waals surface area contributed by atoms with Crippen molar-refractivity contribution in [1.29, 1.82) is 0 Å². The first kappa shape index (κ1) is 10.5. The highest BCUT2D eigenvalue weighted by Gasteiger charge is 2.24. The van der Waals surface area contributed by atoms with E-state index in [1.54, 1.807) is 0 Å². The topological polar surface area (TPSA) is 27.1 Å². The quantitative estimate of drug-likeness (QED) is 0.766. The van der Waals surface area contributed by atoms with Gasteiger partial charge in [0, 0.05) is 0 Å². The van der Waals surface area contributed by atoms with Crippen LogP contribution in [0.4, 0.5) is 4.39 Å². The van der Waals surface area contributed by atoms with Gasteiger partial charge in [-0.3, -0.25) is 0 Å². The lowest BCUT2D eigenvalue weighted by Gasteiger charge is -2.18. The van der Waals surface area contributed by atoms with Crippen LogP contribution in [0, 0.1) is 5.95 Å². The van der Waals surface area contributed by atoms with Gasteiger partial charge in [0.05, 0.1) is 12.6 Å². The van der Waals surface area contributed by atoms with Crippen LogP contribution < -0.4 is 4.74 Å². The maximum atomic E-state index is 13.5. The van der Waals surface area contributed by atoms with Crippen molar-refractivity contribution >= 4 is 15.9 Å². The van der Waals surface area contributed by atoms with Crippen molar-refractivity contribution in [2.75, 3.05) is 7.11 Å². The molecule has 1 aromatic heterocycles. The molecule has 1 heterocycles. The summed E-state index contributed by atoms with van der Waals surface area (Å²) >= 11 is 3.07. The zero-order chi connectivity index (χ0) is 10.2. The molecule has 3 nitrogen and oxygen atoms in total. The first-order valence-electron chi connectivity index (χ1n) is 3.86. The molecule has 0 N–H and O–H groups in total. The molecule has 0 amide bonds. The van der Waals surface area contributed by atoms with Gasteiger partial charge in [0.15, 0.2) is 0 Å². The Morgan fingerprint density at radius 2 is 2.00 bits per heavy atom. The molecule has 0 aliphatic rings. The molecule has 0 fully saturated rings. The molecule has 0 unspecified atom stereocenters. The van der Waals surface area contributed by atoms with E-state index in [4.69, 9.17) is 4.74 Å². The minimum absolute atomic E-state index is 0.268. The molecular weight excluding hydrogens is 239 g/mol. The second kappa shape index (κ2) is 3.29. The van der Waals surface area contributed by atoms with E-state index < -0.39 is 5.95 Å². The molecule has 0 radical (unpaired) electrons. The van der Waals surface area contributed by atoms with Crippen LogP contribution in [0.3, 0.4) is 0 Å². The molecule has 13 heavy (non-hydrogen) atoms. The SMILES string of the molecule is COc1nn(C(C)(C)C)c(F)c1Br. The Labute approximate surface area is 85.0 Å². The van der Waals surface area contributed by atoms with Crippen LogP contribution in [0.1, 0.15) is 20.8 Å². The number of hydrogen-bond acceptors (Lipinski definition) is 2. The standard InChI is InChI=1S/C8H12BrFN2O/c1-8(2,3)12-6(10)5(9)7(11-12)13-4/h1-4H3. The predicted octanol–water partition coefficient (Wildman–Crippen LogP) is 2.55. The second-order valence-corrected chi connectivity index (χ2v) is 4.49. The van der Waals surface area contributed by atoms with E-state index in [0.29, 0.717) is 0 Å². The Morgan fingerprint density at radius 1 is 1.46 bits per heavy atom. The van der Waals surface area contributed by atoms with Gasteiger partial charge in [-0.05, 0) is 36.7 Å². The molecule has 5 heteroatoms. The van der Waals surface area contributed by atoms with Gasteiger partial charge in [0.25, 0.3) is 0 Å². The first-order valence-corrected chi connectivity index (χ1v) is 4.65. The molecule has 1 rings (SSSR count). The van der Waals surface area contributed by atoms with E-state index in [9.17, 15) is 4.39 Å². The minimum Gasteiger partial charge on any atom is -0.479 e. The van der Waals surface area contributed by atoms with Crippen molar-refractivity contribution < 1.29 is 9.13 Å². The molecule has 0 atom stereocenters. The molecule has 0 saturated heterocycles. The smallest absolute Gasteiger partial charge is 0.250 e. The van der Waals surface area contributed by atoms with Crippen LogP contribution in [0.15, 0.2) is 4.47 Å². The van der Waals surface area contributed by atoms with Gasteiger partial charge >= 0.3 is 0 Å². The third kappa shape index (κ3) is 1.85. The molecular formula is C8H12BrFN2O. The largest absolute Gasteiger partial charge is 0.479 e. The summed E-state index contributed by atoms with van der Waals surface area (Å²) in [5, 5.41) is 3.97. The average molecular weight is 251 g/mol. The normalized spacial score (nSPS) is 11.8. The molecule has 0 aliphatic heterocycles. The monoisotopic (exact) mass is 250 g/mol. The number of hydrogen-bond donors (Lipinski definition) is 0. The lowest BCUT2D eigenvalue weighted by atomic mass is 10.1. The second-order valence-electron chi connectivity index (χ2n) is 3.70. The van der Waals surface area contributed by atoms with E-state index in [2.05, 4.69) is 21.0 Å². The maximum absolute atomic E-state index is 13.5. The number of nitrogens with zero attached hydrogens (tertiary/aromatic N) is 2. The Bertz CT molecular complexity index is 317. The summed E-state index contributed by atoms with van der Waals surface area (Å²) in [5.41, 5.74) is -0.386. The van der Waals surface area contributed by atoms with Crippen LogP contribution in [0.2, 0.25) is 0 Å². The van der Waals surface area contributed by atoms with Crippen molar-refractivity contribution in [3.63, 3.8) is 0 Å². The summed E-state index contributed by atoms with van der Waals surface area (Å²) in [7, 11) is 1.46. The van der Waals surface area contributed by atoms with Gasteiger partial charge in [-0.2, -0.15) is 4.39 Å². The van der Waals surface area contributed by atoms with Crippen molar-refractivity contribution in [3.05, 3.63) is 10.4 Å². The summed E-state index contributed by atoms with van der Waals surface area (Å²) in [4.78, 5) is 0. The van der Waals surface area contributed by atoms with Crippen molar-refractivity contribution in [2.45, 2.75) is 26.3 Å². The fraction of sp³-hybridized carbons (Fsp3) is 0.625. The van der Waals surface area contributed by atoms with Gasteiger partial charge in [-0.1, -0.05) is 0 Å². The summed E-state index contributed by atoms with van der Waals surface area (Å²) in [6.45, 7) is 5.61. The predicted molar refractivity (Wildman–Crippen MR) is 51.4 cm³/mol. The van der Waals surface area contributed by atoms with E-state index in [-0.39, 0.29) is 15.9 Å². The third-order valence-corrected chi connectivity index (χ3v) is 2.24. The molecule has 0 spiro atoms.